The minimum absolute atomic E-state index is 0.0234. The molecule has 1 fully saturated rings. The van der Waals surface area contributed by atoms with E-state index in [-0.39, 0.29) is 11.6 Å². The molecule has 1 aliphatic heterocycles. The van der Waals surface area contributed by atoms with Crippen LogP contribution < -0.4 is 10.1 Å². The Morgan fingerprint density at radius 2 is 2.04 bits per heavy atom. The van der Waals surface area contributed by atoms with Gasteiger partial charge in [0.05, 0.1) is 7.11 Å². The molecule has 1 aliphatic rings. The fourth-order valence-electron chi connectivity index (χ4n) is 2.37. The Kier molecular flexibility index (Phi) is 5.67. The SMILES string of the molecule is COc1ccc([C@H](NC(=O)N(C)[C@@H]2CCSC2)C(F)(F)F)cc1. The van der Waals surface area contributed by atoms with Crippen molar-refractivity contribution in [2.75, 3.05) is 25.7 Å². The highest BCUT2D eigenvalue weighted by atomic mass is 32.2. The maximum atomic E-state index is 13.3. The van der Waals surface area contributed by atoms with E-state index in [1.54, 1.807) is 11.8 Å². The lowest BCUT2D eigenvalue weighted by molar-refractivity contribution is -0.155. The van der Waals surface area contributed by atoms with Crippen LogP contribution in [0.1, 0.15) is 18.0 Å². The van der Waals surface area contributed by atoms with E-state index in [2.05, 4.69) is 5.32 Å². The van der Waals surface area contributed by atoms with Gasteiger partial charge >= 0.3 is 12.2 Å². The first-order chi connectivity index (χ1) is 10.8. The van der Waals surface area contributed by atoms with Crippen LogP contribution in [0.15, 0.2) is 24.3 Å². The largest absolute Gasteiger partial charge is 0.497 e. The molecule has 1 N–H and O–H groups in total. The predicted octanol–water partition coefficient (Wildman–Crippen LogP) is 3.45. The van der Waals surface area contributed by atoms with Crippen LogP contribution in [0.4, 0.5) is 18.0 Å². The summed E-state index contributed by atoms with van der Waals surface area (Å²) in [4.78, 5) is 13.5. The maximum Gasteiger partial charge on any atom is 0.412 e. The average Bonchev–Trinajstić information content (AvgIpc) is 3.05. The summed E-state index contributed by atoms with van der Waals surface area (Å²) in [5.41, 5.74) is -0.0270. The lowest BCUT2D eigenvalue weighted by Crippen LogP contribution is -2.48. The lowest BCUT2D eigenvalue weighted by atomic mass is 10.1. The van der Waals surface area contributed by atoms with E-state index < -0.39 is 18.2 Å². The number of ether oxygens (including phenoxy) is 1. The normalized spacial score (nSPS) is 19.3. The highest BCUT2D eigenvalue weighted by Gasteiger charge is 2.42. The third-order valence-electron chi connectivity index (χ3n) is 3.82. The number of rotatable bonds is 4. The molecular formula is C15H19F3N2O2S. The summed E-state index contributed by atoms with van der Waals surface area (Å²) in [5.74, 6) is 2.13. The molecular weight excluding hydrogens is 329 g/mol. The van der Waals surface area contributed by atoms with Crippen molar-refractivity contribution in [3.63, 3.8) is 0 Å². The molecule has 0 spiro atoms. The zero-order valence-corrected chi connectivity index (χ0v) is 13.7. The van der Waals surface area contributed by atoms with Gasteiger partial charge < -0.3 is 15.0 Å². The number of hydrogen-bond donors (Lipinski definition) is 1. The Morgan fingerprint density at radius 3 is 2.52 bits per heavy atom. The fraction of sp³-hybridized carbons (Fsp3) is 0.533. The van der Waals surface area contributed by atoms with Crippen molar-refractivity contribution < 1.29 is 22.7 Å². The minimum Gasteiger partial charge on any atom is -0.497 e. The van der Waals surface area contributed by atoms with Gasteiger partial charge in [0.25, 0.3) is 0 Å². The minimum atomic E-state index is -4.57. The Morgan fingerprint density at radius 1 is 1.39 bits per heavy atom. The molecule has 1 aromatic rings. The van der Waals surface area contributed by atoms with Crippen molar-refractivity contribution in [3.05, 3.63) is 29.8 Å². The van der Waals surface area contributed by atoms with Gasteiger partial charge in [-0.1, -0.05) is 12.1 Å². The molecule has 1 saturated heterocycles. The van der Waals surface area contributed by atoms with E-state index >= 15 is 0 Å². The molecule has 2 rings (SSSR count). The maximum absolute atomic E-state index is 13.3. The molecule has 0 radical (unpaired) electrons. The van der Waals surface area contributed by atoms with Crippen LogP contribution in [0.3, 0.4) is 0 Å². The Bertz CT molecular complexity index is 531. The predicted molar refractivity (Wildman–Crippen MR) is 83.8 cm³/mol. The molecule has 4 nitrogen and oxygen atoms in total. The van der Waals surface area contributed by atoms with Gasteiger partial charge in [0.1, 0.15) is 5.75 Å². The first-order valence-corrected chi connectivity index (χ1v) is 8.30. The standard InChI is InChI=1S/C15H19F3N2O2S/c1-20(11-7-8-23-9-11)14(21)19-13(15(16,17)18)10-3-5-12(22-2)6-4-10/h3-6,11,13H,7-9H2,1-2H3,(H,19,21)/t11-,13+/m1/s1. The second kappa shape index (κ2) is 7.33. The summed E-state index contributed by atoms with van der Waals surface area (Å²) in [6.07, 6.45) is -3.77. The monoisotopic (exact) mass is 348 g/mol. The first kappa shape index (κ1) is 17.8. The van der Waals surface area contributed by atoms with Crippen molar-refractivity contribution in [2.24, 2.45) is 0 Å². The van der Waals surface area contributed by atoms with Crippen molar-refractivity contribution in [3.8, 4) is 5.75 Å². The van der Waals surface area contributed by atoms with E-state index in [4.69, 9.17) is 4.74 Å². The molecule has 0 aromatic heterocycles. The molecule has 0 bridgehead atoms. The summed E-state index contributed by atoms with van der Waals surface area (Å²) < 4.78 is 44.9. The lowest BCUT2D eigenvalue weighted by Gasteiger charge is -2.28. The van der Waals surface area contributed by atoms with Gasteiger partial charge in [-0.25, -0.2) is 4.79 Å². The number of nitrogens with zero attached hydrogens (tertiary/aromatic N) is 1. The number of halogens is 3. The summed E-state index contributed by atoms with van der Waals surface area (Å²) in [6, 6.07) is 2.72. The molecule has 0 saturated carbocycles. The van der Waals surface area contributed by atoms with E-state index in [1.807, 2.05) is 0 Å². The molecule has 1 aromatic carbocycles. The summed E-state index contributed by atoms with van der Waals surface area (Å²) in [7, 11) is 2.97. The highest BCUT2D eigenvalue weighted by Crippen LogP contribution is 2.33. The number of nitrogens with one attached hydrogen (secondary N) is 1. The van der Waals surface area contributed by atoms with E-state index in [0.29, 0.717) is 5.75 Å². The number of carbonyl (C=O) groups is 1. The fourth-order valence-corrected chi connectivity index (χ4v) is 3.64. The first-order valence-electron chi connectivity index (χ1n) is 7.14. The third-order valence-corrected chi connectivity index (χ3v) is 4.96. The van der Waals surface area contributed by atoms with Crippen LogP contribution in [0.5, 0.6) is 5.75 Å². The van der Waals surface area contributed by atoms with Gasteiger partial charge in [-0.2, -0.15) is 24.9 Å². The quantitative estimate of drug-likeness (QED) is 0.906. The van der Waals surface area contributed by atoms with Gasteiger partial charge in [-0.15, -0.1) is 0 Å². The second-order valence-corrected chi connectivity index (χ2v) is 6.48. The molecule has 0 unspecified atom stereocenters. The number of carbonyl (C=O) groups excluding carboxylic acids is 1. The van der Waals surface area contributed by atoms with Crippen LogP contribution in [0.2, 0.25) is 0 Å². The number of hydrogen-bond acceptors (Lipinski definition) is 3. The van der Waals surface area contributed by atoms with Crippen molar-refractivity contribution in [1.82, 2.24) is 10.2 Å². The van der Waals surface area contributed by atoms with Gasteiger partial charge in [0.15, 0.2) is 6.04 Å². The van der Waals surface area contributed by atoms with Crippen molar-refractivity contribution in [1.29, 1.82) is 0 Å². The van der Waals surface area contributed by atoms with Crippen LogP contribution in [0.25, 0.3) is 0 Å². The average molecular weight is 348 g/mol. The molecule has 0 aliphatic carbocycles. The van der Waals surface area contributed by atoms with Crippen LogP contribution >= 0.6 is 11.8 Å². The van der Waals surface area contributed by atoms with Crippen LogP contribution in [-0.2, 0) is 0 Å². The molecule has 23 heavy (non-hydrogen) atoms. The van der Waals surface area contributed by atoms with Crippen LogP contribution in [0, 0.1) is 0 Å². The molecule has 2 amide bonds. The number of benzene rings is 1. The van der Waals surface area contributed by atoms with E-state index in [1.165, 1.54) is 43.3 Å². The van der Waals surface area contributed by atoms with Gasteiger partial charge in [0, 0.05) is 18.8 Å². The molecule has 2 atom stereocenters. The van der Waals surface area contributed by atoms with Gasteiger partial charge in [-0.05, 0) is 29.9 Å². The number of methoxy groups -OCH3 is 1. The highest BCUT2D eigenvalue weighted by molar-refractivity contribution is 7.99. The van der Waals surface area contributed by atoms with Crippen molar-refractivity contribution in [2.45, 2.75) is 24.7 Å². The number of urea groups is 1. The Hall–Kier alpha value is -1.57. The van der Waals surface area contributed by atoms with E-state index in [9.17, 15) is 18.0 Å². The third kappa shape index (κ3) is 4.46. The molecule has 1 heterocycles. The van der Waals surface area contributed by atoms with Crippen molar-refractivity contribution >= 4 is 17.8 Å². The molecule has 8 heteroatoms. The van der Waals surface area contributed by atoms with Crippen LogP contribution in [-0.4, -0.2) is 48.8 Å². The smallest absolute Gasteiger partial charge is 0.412 e. The number of amides is 2. The number of thioether (sulfide) groups is 1. The summed E-state index contributed by atoms with van der Waals surface area (Å²) in [6.45, 7) is 0. The Labute approximate surface area is 137 Å². The van der Waals surface area contributed by atoms with Gasteiger partial charge in [-0.3, -0.25) is 0 Å². The zero-order chi connectivity index (χ0) is 17.0. The Balaban J connectivity index is 2.13. The zero-order valence-electron chi connectivity index (χ0n) is 12.9. The summed E-state index contributed by atoms with van der Waals surface area (Å²) >= 11 is 1.70. The number of alkyl halides is 3. The topological polar surface area (TPSA) is 41.6 Å². The van der Waals surface area contributed by atoms with E-state index in [0.717, 1.165) is 17.9 Å². The van der Waals surface area contributed by atoms with Gasteiger partial charge in [0.2, 0.25) is 0 Å². The second-order valence-electron chi connectivity index (χ2n) is 5.33. The summed E-state index contributed by atoms with van der Waals surface area (Å²) in [5, 5.41) is 2.10. The molecule has 128 valence electrons.